The SMILES string of the molecule is CCC(Sc1nc(N)c(C#N)c(-c2ccc(C(C)C)cc2)c1C#N)C(=O)Nc1ccc(C(=O)O)cc1. The van der Waals surface area contributed by atoms with Gasteiger partial charge in [-0.3, -0.25) is 4.79 Å². The van der Waals surface area contributed by atoms with E-state index in [2.05, 4.69) is 36.3 Å². The Bertz CT molecular complexity index is 1370. The number of nitrogens with zero attached hydrogens (tertiary/aromatic N) is 3. The van der Waals surface area contributed by atoms with Crippen molar-refractivity contribution in [1.82, 2.24) is 4.98 Å². The van der Waals surface area contributed by atoms with E-state index in [-0.39, 0.29) is 33.4 Å². The Hall–Kier alpha value is -4.34. The van der Waals surface area contributed by atoms with Gasteiger partial charge in [0.25, 0.3) is 0 Å². The van der Waals surface area contributed by atoms with Gasteiger partial charge in [-0.05, 0) is 47.7 Å². The summed E-state index contributed by atoms with van der Waals surface area (Å²) in [6.45, 7) is 5.98. The van der Waals surface area contributed by atoms with E-state index < -0.39 is 11.2 Å². The van der Waals surface area contributed by atoms with Crippen LogP contribution in [0, 0.1) is 22.7 Å². The number of anilines is 2. The van der Waals surface area contributed by atoms with Crippen LogP contribution in [0.4, 0.5) is 11.5 Å². The first-order chi connectivity index (χ1) is 17.2. The van der Waals surface area contributed by atoms with Crippen molar-refractivity contribution in [2.75, 3.05) is 11.1 Å². The molecule has 3 rings (SSSR count). The number of nitrogens with two attached hydrogens (primary N) is 1. The van der Waals surface area contributed by atoms with Crippen LogP contribution in [-0.4, -0.2) is 27.2 Å². The van der Waals surface area contributed by atoms with Gasteiger partial charge in [0.2, 0.25) is 5.91 Å². The standard InChI is InChI=1S/C27H25N5O3S/c1-4-22(25(33)31-19-11-9-18(10-12-19)27(34)35)36-26-21(14-29)23(20(13-28)24(30)32-26)17-7-5-16(6-8-17)15(2)3/h5-12,15,22H,4H2,1-3H3,(H2,30,32)(H,31,33)(H,34,35). The number of carboxylic acid groups (broad SMARTS) is 1. The van der Waals surface area contributed by atoms with Crippen molar-refractivity contribution in [3.05, 3.63) is 70.8 Å². The van der Waals surface area contributed by atoms with Gasteiger partial charge in [-0.2, -0.15) is 10.5 Å². The van der Waals surface area contributed by atoms with Gasteiger partial charge in [-0.25, -0.2) is 9.78 Å². The van der Waals surface area contributed by atoms with Crippen LogP contribution in [-0.2, 0) is 4.79 Å². The normalized spacial score (nSPS) is 11.4. The molecule has 0 saturated heterocycles. The number of carboxylic acids is 1. The molecule has 0 radical (unpaired) electrons. The third-order valence-electron chi connectivity index (χ3n) is 5.60. The lowest BCUT2D eigenvalue weighted by atomic mass is 9.94. The molecular weight excluding hydrogens is 474 g/mol. The predicted molar refractivity (Wildman–Crippen MR) is 140 cm³/mol. The van der Waals surface area contributed by atoms with E-state index in [4.69, 9.17) is 10.8 Å². The average molecular weight is 500 g/mol. The molecule has 0 saturated carbocycles. The number of carbonyl (C=O) groups is 2. The fraction of sp³-hybridized carbons (Fsp3) is 0.222. The van der Waals surface area contributed by atoms with Gasteiger partial charge in [-0.1, -0.05) is 56.8 Å². The topological polar surface area (TPSA) is 153 Å². The number of hydrogen-bond donors (Lipinski definition) is 3. The molecule has 0 aliphatic heterocycles. The Kier molecular flexibility index (Phi) is 8.31. The molecule has 4 N–H and O–H groups in total. The summed E-state index contributed by atoms with van der Waals surface area (Å²) in [5, 5.41) is 31.3. The summed E-state index contributed by atoms with van der Waals surface area (Å²) < 4.78 is 0. The molecule has 0 spiro atoms. The number of amides is 1. The van der Waals surface area contributed by atoms with Crippen LogP contribution < -0.4 is 11.1 Å². The lowest BCUT2D eigenvalue weighted by molar-refractivity contribution is -0.115. The van der Waals surface area contributed by atoms with E-state index in [9.17, 15) is 20.1 Å². The van der Waals surface area contributed by atoms with Gasteiger partial charge in [0.05, 0.1) is 16.4 Å². The van der Waals surface area contributed by atoms with Crippen LogP contribution in [0.25, 0.3) is 11.1 Å². The Labute approximate surface area is 213 Å². The van der Waals surface area contributed by atoms with Gasteiger partial charge in [0.1, 0.15) is 28.5 Å². The zero-order valence-corrected chi connectivity index (χ0v) is 20.9. The zero-order valence-electron chi connectivity index (χ0n) is 20.1. The molecule has 8 nitrogen and oxygen atoms in total. The van der Waals surface area contributed by atoms with Crippen molar-refractivity contribution < 1.29 is 14.7 Å². The monoisotopic (exact) mass is 499 g/mol. The van der Waals surface area contributed by atoms with E-state index in [1.807, 2.05) is 31.2 Å². The molecule has 1 unspecified atom stereocenters. The largest absolute Gasteiger partial charge is 0.478 e. The highest BCUT2D eigenvalue weighted by molar-refractivity contribution is 8.00. The first kappa shape index (κ1) is 26.3. The maximum atomic E-state index is 13.0. The van der Waals surface area contributed by atoms with Crippen molar-refractivity contribution >= 4 is 35.1 Å². The Balaban J connectivity index is 1.97. The minimum Gasteiger partial charge on any atom is -0.478 e. The number of carbonyl (C=O) groups excluding carboxylic acids is 1. The fourth-order valence-electron chi connectivity index (χ4n) is 3.58. The van der Waals surface area contributed by atoms with Crippen molar-refractivity contribution in [3.63, 3.8) is 0 Å². The highest BCUT2D eigenvalue weighted by Gasteiger charge is 2.25. The minimum absolute atomic E-state index is 0.0125. The van der Waals surface area contributed by atoms with Crippen LogP contribution in [0.2, 0.25) is 0 Å². The third-order valence-corrected chi connectivity index (χ3v) is 6.95. The maximum Gasteiger partial charge on any atom is 0.335 e. The number of aromatic carboxylic acids is 1. The molecule has 9 heteroatoms. The molecule has 1 heterocycles. The first-order valence-corrected chi connectivity index (χ1v) is 12.1. The lowest BCUT2D eigenvalue weighted by Gasteiger charge is -2.18. The van der Waals surface area contributed by atoms with Gasteiger partial charge in [0.15, 0.2) is 0 Å². The molecule has 0 aliphatic rings. The molecule has 3 aromatic rings. The molecule has 36 heavy (non-hydrogen) atoms. The number of aromatic nitrogens is 1. The second kappa shape index (κ2) is 11.4. The van der Waals surface area contributed by atoms with E-state index in [0.29, 0.717) is 29.2 Å². The average Bonchev–Trinajstić information content (AvgIpc) is 2.87. The molecule has 1 aromatic heterocycles. The summed E-state index contributed by atoms with van der Waals surface area (Å²) in [6, 6.07) is 17.7. The third kappa shape index (κ3) is 5.65. The van der Waals surface area contributed by atoms with E-state index in [1.54, 1.807) is 0 Å². The van der Waals surface area contributed by atoms with Crippen molar-refractivity contribution in [2.45, 2.75) is 43.4 Å². The van der Waals surface area contributed by atoms with Crippen LogP contribution in [0.3, 0.4) is 0 Å². The summed E-state index contributed by atoms with van der Waals surface area (Å²) in [5.74, 6) is -1.08. The highest BCUT2D eigenvalue weighted by atomic mass is 32.2. The molecule has 2 aromatic carbocycles. The summed E-state index contributed by atoms with van der Waals surface area (Å²) in [6.07, 6.45) is 0.425. The smallest absolute Gasteiger partial charge is 0.335 e. The number of nitrogen functional groups attached to an aromatic ring is 1. The Morgan fingerprint density at radius 1 is 1.06 bits per heavy atom. The van der Waals surface area contributed by atoms with Crippen LogP contribution in [0.1, 0.15) is 60.2 Å². The molecule has 0 aliphatic carbocycles. The molecule has 0 bridgehead atoms. The Morgan fingerprint density at radius 2 is 1.67 bits per heavy atom. The van der Waals surface area contributed by atoms with Gasteiger partial charge >= 0.3 is 5.97 Å². The van der Waals surface area contributed by atoms with Crippen molar-refractivity contribution in [2.24, 2.45) is 0 Å². The minimum atomic E-state index is -1.06. The highest BCUT2D eigenvalue weighted by Crippen LogP contribution is 2.38. The van der Waals surface area contributed by atoms with Crippen molar-refractivity contribution in [1.29, 1.82) is 10.5 Å². The lowest BCUT2D eigenvalue weighted by Crippen LogP contribution is -2.25. The summed E-state index contributed by atoms with van der Waals surface area (Å²) >= 11 is 1.10. The molecule has 0 fully saturated rings. The van der Waals surface area contributed by atoms with Gasteiger partial charge in [0, 0.05) is 11.3 Å². The summed E-state index contributed by atoms with van der Waals surface area (Å²) in [7, 11) is 0. The van der Waals surface area contributed by atoms with Crippen LogP contribution >= 0.6 is 11.8 Å². The van der Waals surface area contributed by atoms with E-state index in [0.717, 1.165) is 17.3 Å². The summed E-state index contributed by atoms with van der Waals surface area (Å²) in [4.78, 5) is 28.3. The van der Waals surface area contributed by atoms with Crippen LogP contribution in [0.5, 0.6) is 0 Å². The Morgan fingerprint density at radius 3 is 2.17 bits per heavy atom. The quantitative estimate of drug-likeness (QED) is 0.348. The number of rotatable bonds is 8. The number of nitriles is 2. The van der Waals surface area contributed by atoms with Gasteiger partial charge in [-0.15, -0.1) is 0 Å². The molecule has 1 amide bonds. The second-order valence-electron chi connectivity index (χ2n) is 8.31. The number of thioether (sulfide) groups is 1. The predicted octanol–water partition coefficient (Wildman–Crippen LogP) is 5.41. The number of nitrogens with one attached hydrogen (secondary N) is 1. The van der Waals surface area contributed by atoms with Gasteiger partial charge < -0.3 is 16.2 Å². The number of benzene rings is 2. The van der Waals surface area contributed by atoms with E-state index in [1.165, 1.54) is 24.3 Å². The van der Waals surface area contributed by atoms with Crippen molar-refractivity contribution in [3.8, 4) is 23.3 Å². The summed E-state index contributed by atoms with van der Waals surface area (Å²) in [5.41, 5.74) is 9.15. The zero-order chi connectivity index (χ0) is 26.4. The molecule has 182 valence electrons. The molecule has 1 atom stereocenters. The molecular formula is C27H25N5O3S. The number of hydrogen-bond acceptors (Lipinski definition) is 7. The first-order valence-electron chi connectivity index (χ1n) is 11.2. The fourth-order valence-corrected chi connectivity index (χ4v) is 4.60. The maximum absolute atomic E-state index is 13.0. The second-order valence-corrected chi connectivity index (χ2v) is 9.51. The van der Waals surface area contributed by atoms with E-state index >= 15 is 0 Å². The number of pyridine rings is 1. The van der Waals surface area contributed by atoms with Crippen LogP contribution in [0.15, 0.2) is 53.6 Å².